The summed E-state index contributed by atoms with van der Waals surface area (Å²) in [5.41, 5.74) is 5.81. The zero-order chi connectivity index (χ0) is 14.3. The van der Waals surface area contributed by atoms with Gasteiger partial charge in [-0.25, -0.2) is 4.99 Å². The molecule has 0 aromatic heterocycles. The Balaban J connectivity index is 2.75. The lowest BCUT2D eigenvalue weighted by Crippen LogP contribution is -2.31. The maximum Gasteiger partial charge on any atom is 0.573 e. The molecule has 0 aliphatic carbocycles. The highest BCUT2D eigenvalue weighted by Gasteiger charge is 2.31. The molecule has 0 aliphatic heterocycles. The van der Waals surface area contributed by atoms with Gasteiger partial charge in [0.25, 0.3) is 0 Å². The van der Waals surface area contributed by atoms with E-state index in [9.17, 15) is 13.2 Å². The number of guanidine groups is 1. The number of hydrogen-bond acceptors (Lipinski definition) is 2. The summed E-state index contributed by atoms with van der Waals surface area (Å²) >= 11 is 0. The smallest absolute Gasteiger partial charge is 0.405 e. The number of ether oxygens (including phenoxy) is 1. The number of nitrogens with one attached hydrogen (secondary N) is 1. The number of aliphatic imine (C=N–C) groups is 1. The molecule has 0 spiro atoms. The molecule has 0 atom stereocenters. The minimum Gasteiger partial charge on any atom is -0.405 e. The van der Waals surface area contributed by atoms with E-state index in [0.717, 1.165) is 0 Å². The molecule has 0 amide bonds. The van der Waals surface area contributed by atoms with Gasteiger partial charge in [-0.2, -0.15) is 0 Å². The first-order chi connectivity index (χ1) is 8.92. The highest BCUT2D eigenvalue weighted by molar-refractivity contribution is 5.77. The van der Waals surface area contributed by atoms with Crippen LogP contribution in [-0.4, -0.2) is 18.9 Å². The van der Waals surface area contributed by atoms with Crippen LogP contribution in [0.25, 0.3) is 0 Å². The largest absolute Gasteiger partial charge is 0.573 e. The number of nitrogens with two attached hydrogens (primary N) is 1. The fourth-order valence-electron chi connectivity index (χ4n) is 1.26. The first-order valence-electron chi connectivity index (χ1n) is 5.40. The van der Waals surface area contributed by atoms with Gasteiger partial charge in [-0.15, -0.1) is 19.8 Å². The van der Waals surface area contributed by atoms with Crippen molar-refractivity contribution in [1.82, 2.24) is 5.32 Å². The third kappa shape index (κ3) is 5.80. The first kappa shape index (κ1) is 14.9. The van der Waals surface area contributed by atoms with Crippen LogP contribution in [0.4, 0.5) is 13.2 Å². The maximum atomic E-state index is 12.2. The second-order valence-corrected chi connectivity index (χ2v) is 3.53. The molecule has 1 aromatic rings. The molecule has 0 saturated heterocycles. The lowest BCUT2D eigenvalue weighted by atomic mass is 10.2. The van der Waals surface area contributed by atoms with E-state index in [1.165, 1.54) is 18.2 Å². The second-order valence-electron chi connectivity index (χ2n) is 3.53. The van der Waals surface area contributed by atoms with Crippen molar-refractivity contribution in [2.24, 2.45) is 10.7 Å². The minimum absolute atomic E-state index is 0.0117. The van der Waals surface area contributed by atoms with Gasteiger partial charge < -0.3 is 15.8 Å². The van der Waals surface area contributed by atoms with Crippen LogP contribution in [0.15, 0.2) is 41.9 Å². The molecule has 0 aliphatic rings. The quantitative estimate of drug-likeness (QED) is 0.491. The number of benzene rings is 1. The summed E-state index contributed by atoms with van der Waals surface area (Å²) in [4.78, 5) is 3.91. The third-order valence-corrected chi connectivity index (χ3v) is 2.05. The average molecular weight is 273 g/mol. The fourth-order valence-corrected chi connectivity index (χ4v) is 1.26. The monoisotopic (exact) mass is 273 g/mol. The van der Waals surface area contributed by atoms with Crippen molar-refractivity contribution in [3.63, 3.8) is 0 Å². The number of alkyl halides is 3. The number of rotatable bonds is 5. The summed E-state index contributed by atoms with van der Waals surface area (Å²) in [5.74, 6) is -0.156. The van der Waals surface area contributed by atoms with Crippen LogP contribution >= 0.6 is 0 Å². The molecule has 104 valence electrons. The number of nitrogens with zero attached hydrogens (tertiary/aromatic N) is 1. The molecule has 7 heteroatoms. The highest BCUT2D eigenvalue weighted by Crippen LogP contribution is 2.26. The molecule has 0 radical (unpaired) electrons. The first-order valence-corrected chi connectivity index (χ1v) is 5.40. The van der Waals surface area contributed by atoms with Crippen LogP contribution in [0.5, 0.6) is 5.75 Å². The highest BCUT2D eigenvalue weighted by atomic mass is 19.4. The van der Waals surface area contributed by atoms with Crippen LogP contribution in [0, 0.1) is 0 Å². The van der Waals surface area contributed by atoms with E-state index in [0.29, 0.717) is 12.1 Å². The number of hydrogen-bond donors (Lipinski definition) is 2. The van der Waals surface area contributed by atoms with Gasteiger partial charge in [-0.3, -0.25) is 0 Å². The van der Waals surface area contributed by atoms with Gasteiger partial charge in [0.05, 0.1) is 6.54 Å². The van der Waals surface area contributed by atoms with Crippen LogP contribution in [0.3, 0.4) is 0 Å². The van der Waals surface area contributed by atoms with E-state index in [4.69, 9.17) is 5.73 Å². The topological polar surface area (TPSA) is 59.6 Å². The molecular weight excluding hydrogens is 259 g/mol. The van der Waals surface area contributed by atoms with Crippen molar-refractivity contribution in [2.75, 3.05) is 6.54 Å². The molecule has 0 fully saturated rings. The van der Waals surface area contributed by atoms with Gasteiger partial charge >= 0.3 is 6.36 Å². The van der Waals surface area contributed by atoms with Crippen molar-refractivity contribution in [3.05, 3.63) is 42.5 Å². The Labute approximate surface area is 108 Å². The molecule has 4 nitrogen and oxygen atoms in total. The standard InChI is InChI=1S/C12H14F3N3O/c1-2-7-17-11(16)18-8-9-5-3-4-6-10(9)19-12(13,14)15/h2-6H,1,7-8H2,(H3,16,17,18). The Kier molecular flexibility index (Phi) is 5.23. The summed E-state index contributed by atoms with van der Waals surface area (Å²) in [6.07, 6.45) is -3.14. The zero-order valence-corrected chi connectivity index (χ0v) is 10.1. The summed E-state index contributed by atoms with van der Waals surface area (Å²) in [7, 11) is 0. The van der Waals surface area contributed by atoms with Gasteiger partial charge in [0, 0.05) is 12.1 Å². The Hall–Kier alpha value is -2.18. The van der Waals surface area contributed by atoms with Gasteiger partial charge in [-0.05, 0) is 6.07 Å². The predicted molar refractivity (Wildman–Crippen MR) is 66.7 cm³/mol. The summed E-state index contributed by atoms with van der Waals surface area (Å²) in [6.45, 7) is 3.90. The molecule has 0 saturated carbocycles. The van der Waals surface area contributed by atoms with Gasteiger partial charge in [0.15, 0.2) is 5.96 Å². The van der Waals surface area contributed by atoms with Crippen molar-refractivity contribution >= 4 is 5.96 Å². The van der Waals surface area contributed by atoms with Crippen molar-refractivity contribution in [1.29, 1.82) is 0 Å². The molecule has 1 rings (SSSR count). The van der Waals surface area contributed by atoms with E-state index in [1.807, 2.05) is 0 Å². The lowest BCUT2D eigenvalue weighted by molar-refractivity contribution is -0.274. The van der Waals surface area contributed by atoms with Crippen molar-refractivity contribution in [2.45, 2.75) is 12.9 Å². The summed E-state index contributed by atoms with van der Waals surface area (Å²) in [6, 6.07) is 5.77. The van der Waals surface area contributed by atoms with E-state index in [1.54, 1.807) is 12.1 Å². The fraction of sp³-hybridized carbons (Fsp3) is 0.250. The molecular formula is C12H14F3N3O. The number of para-hydroxylation sites is 1. The van der Waals surface area contributed by atoms with Crippen LogP contribution in [0.2, 0.25) is 0 Å². The summed E-state index contributed by atoms with van der Waals surface area (Å²) in [5, 5.41) is 2.72. The predicted octanol–water partition coefficient (Wildman–Crippen LogP) is 2.18. The van der Waals surface area contributed by atoms with Gasteiger partial charge in [0.1, 0.15) is 5.75 Å². The minimum atomic E-state index is -4.73. The molecule has 0 unspecified atom stereocenters. The van der Waals surface area contributed by atoms with Crippen molar-refractivity contribution < 1.29 is 17.9 Å². The van der Waals surface area contributed by atoms with Crippen LogP contribution in [-0.2, 0) is 6.54 Å². The van der Waals surface area contributed by atoms with Gasteiger partial charge in [0.2, 0.25) is 0 Å². The molecule has 1 aromatic carbocycles. The van der Waals surface area contributed by atoms with Crippen molar-refractivity contribution in [3.8, 4) is 5.75 Å². The van der Waals surface area contributed by atoms with Gasteiger partial charge in [-0.1, -0.05) is 24.3 Å². The molecule has 3 N–H and O–H groups in total. The van der Waals surface area contributed by atoms with E-state index < -0.39 is 6.36 Å². The zero-order valence-electron chi connectivity index (χ0n) is 10.1. The molecule has 19 heavy (non-hydrogen) atoms. The summed E-state index contributed by atoms with van der Waals surface area (Å²) < 4.78 is 40.4. The Morgan fingerprint density at radius 3 is 2.74 bits per heavy atom. The van der Waals surface area contributed by atoms with E-state index in [2.05, 4.69) is 21.6 Å². The normalized spacial score (nSPS) is 12.1. The maximum absolute atomic E-state index is 12.2. The lowest BCUT2D eigenvalue weighted by Gasteiger charge is -2.12. The molecule has 0 bridgehead atoms. The van der Waals surface area contributed by atoms with E-state index >= 15 is 0 Å². The Bertz CT molecular complexity index is 458. The van der Waals surface area contributed by atoms with Crippen LogP contribution in [0.1, 0.15) is 5.56 Å². The number of halogens is 3. The molecule has 0 heterocycles. The third-order valence-electron chi connectivity index (χ3n) is 2.05. The Morgan fingerprint density at radius 1 is 1.42 bits per heavy atom. The SMILES string of the molecule is C=CCNC(N)=NCc1ccccc1OC(F)(F)F. The van der Waals surface area contributed by atoms with E-state index in [-0.39, 0.29) is 18.3 Å². The second kappa shape index (κ2) is 6.67. The Morgan fingerprint density at radius 2 is 2.11 bits per heavy atom. The average Bonchev–Trinajstić information content (AvgIpc) is 2.33. The van der Waals surface area contributed by atoms with Crippen LogP contribution < -0.4 is 15.8 Å².